The minimum Gasteiger partial charge on any atom is -0.462 e. The van der Waals surface area contributed by atoms with Gasteiger partial charge in [0.25, 0.3) is 0 Å². The van der Waals surface area contributed by atoms with E-state index in [1.54, 1.807) is 0 Å². The van der Waals surface area contributed by atoms with Crippen LogP contribution < -0.4 is 10.6 Å². The molecule has 156 valence electrons. The molecule has 6 nitrogen and oxygen atoms in total. The summed E-state index contributed by atoms with van der Waals surface area (Å²) in [4.78, 5) is 27.0. The van der Waals surface area contributed by atoms with E-state index in [2.05, 4.69) is 10.6 Å². The van der Waals surface area contributed by atoms with Crippen LogP contribution in [0.3, 0.4) is 0 Å². The van der Waals surface area contributed by atoms with Gasteiger partial charge >= 0.3 is 5.97 Å². The fourth-order valence-electron chi connectivity index (χ4n) is 3.38. The first-order valence-corrected chi connectivity index (χ1v) is 10.6. The highest BCUT2D eigenvalue weighted by atomic mass is 32.1. The number of benzene rings is 1. The Balaban J connectivity index is 1.92. The molecule has 1 aliphatic heterocycles. The Kier molecular flexibility index (Phi) is 6.57. The Morgan fingerprint density at radius 1 is 1.34 bits per heavy atom. The van der Waals surface area contributed by atoms with Gasteiger partial charge in [-0.2, -0.15) is 0 Å². The minimum atomic E-state index is -0.428. The lowest BCUT2D eigenvalue weighted by Crippen LogP contribution is -2.47. The Hall–Kier alpha value is -2.41. The summed E-state index contributed by atoms with van der Waals surface area (Å²) < 4.78 is 5.55. The molecule has 1 heterocycles. The second-order valence-corrected chi connectivity index (χ2v) is 8.39. The Bertz CT molecular complexity index is 845. The number of amides is 1. The maximum Gasteiger partial charge on any atom is 0.338 e. The molecule has 1 unspecified atom stereocenters. The maximum absolute atomic E-state index is 13.0. The summed E-state index contributed by atoms with van der Waals surface area (Å²) in [5.41, 5.74) is 2.92. The van der Waals surface area contributed by atoms with E-state index in [-0.39, 0.29) is 23.7 Å². The molecule has 1 aromatic rings. The predicted octanol–water partition coefficient (Wildman–Crippen LogP) is 3.76. The highest BCUT2D eigenvalue weighted by Gasteiger charge is 2.35. The van der Waals surface area contributed by atoms with Gasteiger partial charge in [-0.05, 0) is 62.5 Å². The number of rotatable bonds is 7. The van der Waals surface area contributed by atoms with Crippen LogP contribution in [0.25, 0.3) is 0 Å². The highest BCUT2D eigenvalue weighted by molar-refractivity contribution is 7.80. The van der Waals surface area contributed by atoms with Gasteiger partial charge < -0.3 is 20.3 Å². The molecule has 0 saturated heterocycles. The van der Waals surface area contributed by atoms with Gasteiger partial charge in [0.05, 0.1) is 18.2 Å². The van der Waals surface area contributed by atoms with E-state index in [1.165, 1.54) is 0 Å². The van der Waals surface area contributed by atoms with Crippen molar-refractivity contribution in [2.45, 2.75) is 46.6 Å². The molecule has 2 N–H and O–H groups in total. The first kappa shape index (κ1) is 21.3. The molecule has 0 aromatic heterocycles. The summed E-state index contributed by atoms with van der Waals surface area (Å²) >= 11 is 5.53. The van der Waals surface area contributed by atoms with Crippen molar-refractivity contribution in [2.24, 2.45) is 11.8 Å². The molecule has 0 bridgehead atoms. The molecule has 1 aliphatic carbocycles. The monoisotopic (exact) mass is 415 g/mol. The van der Waals surface area contributed by atoms with Gasteiger partial charge in [-0.25, -0.2) is 4.79 Å². The third-order valence-corrected chi connectivity index (χ3v) is 5.45. The lowest BCUT2D eigenvalue weighted by atomic mass is 9.94. The number of carbonyl (C=O) groups excluding carboxylic acids is 2. The molecule has 0 spiro atoms. The summed E-state index contributed by atoms with van der Waals surface area (Å²) in [6, 6.07) is 7.13. The zero-order valence-corrected chi connectivity index (χ0v) is 18.3. The van der Waals surface area contributed by atoms with Crippen LogP contribution in [0.5, 0.6) is 0 Å². The number of anilines is 1. The maximum atomic E-state index is 13.0. The van der Waals surface area contributed by atoms with Crippen molar-refractivity contribution in [1.82, 2.24) is 10.2 Å². The number of nitrogens with one attached hydrogen (secondary N) is 2. The molecule has 1 fully saturated rings. The average Bonchev–Trinajstić information content (AvgIpc) is 3.51. The molecule has 1 aromatic carbocycles. The van der Waals surface area contributed by atoms with Crippen LogP contribution in [0.2, 0.25) is 0 Å². The Morgan fingerprint density at radius 2 is 2.07 bits per heavy atom. The van der Waals surface area contributed by atoms with Gasteiger partial charge in [-0.15, -0.1) is 0 Å². The first-order valence-electron chi connectivity index (χ1n) is 10.2. The van der Waals surface area contributed by atoms with Gasteiger partial charge in [0, 0.05) is 23.8 Å². The Labute approximate surface area is 177 Å². The number of allylic oxidation sites excluding steroid dienone is 1. The van der Waals surface area contributed by atoms with Crippen molar-refractivity contribution in [2.75, 3.05) is 18.5 Å². The quantitative estimate of drug-likeness (QED) is 0.522. The summed E-state index contributed by atoms with van der Waals surface area (Å²) in [5, 5.41) is 6.82. The number of esters is 1. The second kappa shape index (κ2) is 8.95. The van der Waals surface area contributed by atoms with Gasteiger partial charge in [-0.3, -0.25) is 4.79 Å². The van der Waals surface area contributed by atoms with Crippen LogP contribution >= 0.6 is 12.2 Å². The third-order valence-electron chi connectivity index (χ3n) is 5.12. The van der Waals surface area contributed by atoms with Crippen LogP contribution in [0.1, 0.15) is 52.1 Å². The smallest absolute Gasteiger partial charge is 0.338 e. The van der Waals surface area contributed by atoms with Crippen LogP contribution in [0, 0.1) is 11.8 Å². The second-order valence-electron chi connectivity index (χ2n) is 8.01. The zero-order chi connectivity index (χ0) is 21.1. The van der Waals surface area contributed by atoms with Crippen molar-refractivity contribution in [1.29, 1.82) is 0 Å². The van der Waals surface area contributed by atoms with Crippen molar-refractivity contribution < 1.29 is 14.3 Å². The van der Waals surface area contributed by atoms with Crippen molar-refractivity contribution in [3.8, 4) is 0 Å². The van der Waals surface area contributed by atoms with E-state index in [0.29, 0.717) is 23.8 Å². The highest BCUT2D eigenvalue weighted by Crippen LogP contribution is 2.34. The van der Waals surface area contributed by atoms with Crippen molar-refractivity contribution in [3.05, 3.63) is 41.1 Å². The molecule has 0 radical (unpaired) electrons. The lowest BCUT2D eigenvalue weighted by molar-refractivity contribution is -0.140. The van der Waals surface area contributed by atoms with Crippen molar-refractivity contribution >= 4 is 34.9 Å². The van der Waals surface area contributed by atoms with Crippen LogP contribution in [0.4, 0.5) is 5.69 Å². The van der Waals surface area contributed by atoms with Gasteiger partial charge in [-0.1, -0.05) is 26.0 Å². The van der Waals surface area contributed by atoms with E-state index >= 15 is 0 Å². The number of thiocarbonyl (C=S) groups is 1. The molecule has 1 atom stereocenters. The summed E-state index contributed by atoms with van der Waals surface area (Å²) in [5.74, 6) is 0.0804. The summed E-state index contributed by atoms with van der Waals surface area (Å²) in [6.45, 7) is 8.91. The van der Waals surface area contributed by atoms with Gasteiger partial charge in [0.2, 0.25) is 5.91 Å². The number of hydrogen-bond acceptors (Lipinski definition) is 4. The number of hydrogen-bond donors (Lipinski definition) is 2. The molecule has 1 amide bonds. The van der Waals surface area contributed by atoms with Crippen molar-refractivity contribution in [3.63, 3.8) is 0 Å². The molecular weight excluding hydrogens is 386 g/mol. The molecule has 29 heavy (non-hydrogen) atoms. The number of carbonyl (C=O) groups is 2. The van der Waals surface area contributed by atoms with E-state index in [1.807, 2.05) is 56.9 Å². The third kappa shape index (κ3) is 4.96. The van der Waals surface area contributed by atoms with E-state index in [0.717, 1.165) is 29.8 Å². The van der Waals surface area contributed by atoms with E-state index in [9.17, 15) is 9.59 Å². The molecule has 2 aliphatic rings. The van der Waals surface area contributed by atoms with Crippen LogP contribution in [-0.4, -0.2) is 35.0 Å². The molecule has 1 saturated carbocycles. The molecule has 3 rings (SSSR count). The number of ether oxygens (including phenoxy) is 1. The van der Waals surface area contributed by atoms with Gasteiger partial charge in [0.1, 0.15) is 0 Å². The topological polar surface area (TPSA) is 70.7 Å². The first-order chi connectivity index (χ1) is 13.8. The molecule has 7 heteroatoms. The normalized spacial score (nSPS) is 19.3. The molecular formula is C22H29N3O3S. The standard InChI is InChI=1S/C22H29N3O3S/c1-5-25-14(4)18(21(27)28-12-13(2)3)19(24-22(25)29)16-7-6-8-17(11-16)23-20(26)15-9-10-15/h6-8,11,13,15,19H,5,9-10,12H2,1-4H3,(H,23,26)(H,24,29). The summed E-state index contributed by atoms with van der Waals surface area (Å²) in [7, 11) is 0. The van der Waals surface area contributed by atoms with Crippen LogP contribution in [0.15, 0.2) is 35.5 Å². The summed E-state index contributed by atoms with van der Waals surface area (Å²) in [6.07, 6.45) is 1.90. The number of nitrogens with zero attached hydrogens (tertiary/aromatic N) is 1. The average molecular weight is 416 g/mol. The van der Waals surface area contributed by atoms with E-state index in [4.69, 9.17) is 17.0 Å². The lowest BCUT2D eigenvalue weighted by Gasteiger charge is -2.37. The zero-order valence-electron chi connectivity index (χ0n) is 17.5. The van der Waals surface area contributed by atoms with Crippen LogP contribution in [-0.2, 0) is 14.3 Å². The van der Waals surface area contributed by atoms with Gasteiger partial charge in [0.15, 0.2) is 5.11 Å². The predicted molar refractivity (Wildman–Crippen MR) is 117 cm³/mol. The van der Waals surface area contributed by atoms with E-state index < -0.39 is 6.04 Å². The fourth-order valence-corrected chi connectivity index (χ4v) is 3.77. The largest absolute Gasteiger partial charge is 0.462 e. The minimum absolute atomic E-state index is 0.0507. The SMILES string of the molecule is CCN1C(=S)NC(c2cccc(NC(=O)C3CC3)c2)C(C(=O)OCC(C)C)=C1C. The fraction of sp³-hybridized carbons (Fsp3) is 0.500. The Morgan fingerprint density at radius 3 is 2.69 bits per heavy atom.